The lowest BCUT2D eigenvalue weighted by atomic mass is 10.2. The molecule has 1 aliphatic heterocycles. The Kier molecular flexibility index (Phi) is 5.60. The summed E-state index contributed by atoms with van der Waals surface area (Å²) in [7, 11) is 0. The van der Waals surface area contributed by atoms with E-state index in [0.29, 0.717) is 30.6 Å². The molecule has 3 rings (SSSR count). The van der Waals surface area contributed by atoms with Crippen molar-refractivity contribution >= 4 is 5.91 Å². The summed E-state index contributed by atoms with van der Waals surface area (Å²) in [5.74, 6) is 1.36. The number of amides is 1. The van der Waals surface area contributed by atoms with Crippen molar-refractivity contribution in [2.45, 2.75) is 25.8 Å². The molecule has 1 N–H and O–H groups in total. The SMILES string of the molecule is Cc1nc([C@@H]2CCCN2CC(=O)NCCOc2ccc(F)cc2)no1. The number of carbonyl (C=O) groups excluding carboxylic acids is 1. The maximum Gasteiger partial charge on any atom is 0.234 e. The van der Waals surface area contributed by atoms with Crippen molar-refractivity contribution in [3.8, 4) is 5.75 Å². The quantitative estimate of drug-likeness (QED) is 0.769. The Morgan fingerprint density at radius 1 is 1.44 bits per heavy atom. The van der Waals surface area contributed by atoms with Gasteiger partial charge in [-0.25, -0.2) is 4.39 Å². The molecule has 2 aromatic rings. The van der Waals surface area contributed by atoms with Crippen LogP contribution in [0.3, 0.4) is 0 Å². The molecule has 0 bridgehead atoms. The maximum atomic E-state index is 12.8. The van der Waals surface area contributed by atoms with Crippen LogP contribution in [0.4, 0.5) is 4.39 Å². The summed E-state index contributed by atoms with van der Waals surface area (Å²) in [5.41, 5.74) is 0. The zero-order chi connectivity index (χ0) is 17.6. The molecule has 7 nitrogen and oxygen atoms in total. The first-order valence-electron chi connectivity index (χ1n) is 8.31. The standard InChI is InChI=1S/C17H21FN4O3/c1-12-20-17(21-25-12)15-3-2-9-22(15)11-16(23)19-8-10-24-14-6-4-13(18)5-7-14/h4-7,15H,2-3,8-11H2,1H3,(H,19,23)/t15-/m0/s1. The summed E-state index contributed by atoms with van der Waals surface area (Å²) in [6.45, 7) is 3.58. The van der Waals surface area contributed by atoms with Crippen molar-refractivity contribution < 1.29 is 18.4 Å². The number of aryl methyl sites for hydroxylation is 1. The zero-order valence-corrected chi connectivity index (χ0v) is 14.1. The number of hydrogen-bond acceptors (Lipinski definition) is 6. The van der Waals surface area contributed by atoms with Crippen LogP contribution in [0.25, 0.3) is 0 Å². The van der Waals surface area contributed by atoms with Crippen LogP contribution in [0.15, 0.2) is 28.8 Å². The van der Waals surface area contributed by atoms with Gasteiger partial charge in [-0.1, -0.05) is 5.16 Å². The molecule has 8 heteroatoms. The minimum atomic E-state index is -0.308. The minimum Gasteiger partial charge on any atom is -0.492 e. The number of hydrogen-bond donors (Lipinski definition) is 1. The predicted octanol–water partition coefficient (Wildman–Crippen LogP) is 1.85. The van der Waals surface area contributed by atoms with Gasteiger partial charge in [-0.3, -0.25) is 9.69 Å². The molecule has 1 aromatic heterocycles. The average Bonchev–Trinajstić information content (AvgIpc) is 3.22. The Morgan fingerprint density at radius 3 is 2.96 bits per heavy atom. The zero-order valence-electron chi connectivity index (χ0n) is 14.1. The molecule has 25 heavy (non-hydrogen) atoms. The van der Waals surface area contributed by atoms with Crippen molar-refractivity contribution in [1.29, 1.82) is 0 Å². The molecule has 1 atom stereocenters. The Bertz CT molecular complexity index is 704. The van der Waals surface area contributed by atoms with Crippen LogP contribution in [0.5, 0.6) is 5.75 Å². The Hall–Kier alpha value is -2.48. The molecule has 0 aliphatic carbocycles. The van der Waals surface area contributed by atoms with Crippen molar-refractivity contribution in [1.82, 2.24) is 20.4 Å². The highest BCUT2D eigenvalue weighted by Crippen LogP contribution is 2.29. The molecule has 1 saturated heterocycles. The van der Waals surface area contributed by atoms with Crippen LogP contribution in [0.1, 0.15) is 30.6 Å². The lowest BCUT2D eigenvalue weighted by Crippen LogP contribution is -2.38. The van der Waals surface area contributed by atoms with Gasteiger partial charge in [0, 0.05) is 6.92 Å². The Morgan fingerprint density at radius 2 is 2.24 bits per heavy atom. The molecule has 0 spiro atoms. The second-order valence-electron chi connectivity index (χ2n) is 5.95. The van der Waals surface area contributed by atoms with Crippen LogP contribution in [-0.2, 0) is 4.79 Å². The van der Waals surface area contributed by atoms with E-state index in [1.807, 2.05) is 0 Å². The molecular weight excluding hydrogens is 327 g/mol. The van der Waals surface area contributed by atoms with E-state index >= 15 is 0 Å². The van der Waals surface area contributed by atoms with E-state index in [2.05, 4.69) is 20.4 Å². The second kappa shape index (κ2) is 8.06. The van der Waals surface area contributed by atoms with Crippen molar-refractivity contribution in [2.24, 2.45) is 0 Å². The number of nitrogens with one attached hydrogen (secondary N) is 1. The minimum absolute atomic E-state index is 0.0265. The number of ether oxygens (including phenoxy) is 1. The van der Waals surface area contributed by atoms with Gasteiger partial charge in [-0.05, 0) is 43.7 Å². The van der Waals surface area contributed by atoms with E-state index in [1.165, 1.54) is 12.1 Å². The largest absolute Gasteiger partial charge is 0.492 e. The van der Waals surface area contributed by atoms with Crippen molar-refractivity contribution in [3.05, 3.63) is 41.8 Å². The summed E-state index contributed by atoms with van der Waals surface area (Å²) in [5, 5.41) is 6.79. The number of halogens is 1. The Balaban J connectivity index is 1.40. The first-order chi connectivity index (χ1) is 12.1. The molecule has 0 radical (unpaired) electrons. The molecule has 0 unspecified atom stereocenters. The fourth-order valence-corrected chi connectivity index (χ4v) is 2.89. The van der Waals surface area contributed by atoms with Gasteiger partial charge in [0.1, 0.15) is 18.2 Å². The van der Waals surface area contributed by atoms with Crippen LogP contribution in [0.2, 0.25) is 0 Å². The van der Waals surface area contributed by atoms with Gasteiger partial charge in [-0.2, -0.15) is 4.98 Å². The molecule has 1 aromatic carbocycles. The van der Waals surface area contributed by atoms with Gasteiger partial charge >= 0.3 is 0 Å². The van der Waals surface area contributed by atoms with Gasteiger partial charge < -0.3 is 14.6 Å². The van der Waals surface area contributed by atoms with Gasteiger partial charge in [0.15, 0.2) is 5.82 Å². The van der Waals surface area contributed by atoms with E-state index in [0.717, 1.165) is 19.4 Å². The van der Waals surface area contributed by atoms with Gasteiger partial charge in [-0.15, -0.1) is 0 Å². The molecular formula is C17H21FN4O3. The van der Waals surface area contributed by atoms with E-state index in [1.54, 1.807) is 19.1 Å². The highest BCUT2D eigenvalue weighted by Gasteiger charge is 2.30. The fourth-order valence-electron chi connectivity index (χ4n) is 2.89. The van der Waals surface area contributed by atoms with Crippen LogP contribution in [0, 0.1) is 12.7 Å². The third-order valence-electron chi connectivity index (χ3n) is 4.06. The fraction of sp³-hybridized carbons (Fsp3) is 0.471. The third kappa shape index (κ3) is 4.76. The summed E-state index contributed by atoms with van der Waals surface area (Å²) < 4.78 is 23.3. The van der Waals surface area contributed by atoms with Crippen LogP contribution >= 0.6 is 0 Å². The molecule has 2 heterocycles. The summed E-state index contributed by atoms with van der Waals surface area (Å²) in [4.78, 5) is 18.4. The van der Waals surface area contributed by atoms with Gasteiger partial charge in [0.05, 0.1) is 19.1 Å². The summed E-state index contributed by atoms with van der Waals surface area (Å²) in [6, 6.07) is 5.80. The van der Waals surface area contributed by atoms with Crippen LogP contribution in [-0.4, -0.2) is 47.2 Å². The predicted molar refractivity (Wildman–Crippen MR) is 87.5 cm³/mol. The number of aromatic nitrogens is 2. The van der Waals surface area contributed by atoms with Gasteiger partial charge in [0.2, 0.25) is 11.8 Å². The van der Waals surface area contributed by atoms with Crippen molar-refractivity contribution in [3.63, 3.8) is 0 Å². The third-order valence-corrected chi connectivity index (χ3v) is 4.06. The van der Waals surface area contributed by atoms with Crippen molar-refractivity contribution in [2.75, 3.05) is 26.2 Å². The van der Waals surface area contributed by atoms with Gasteiger partial charge in [0.25, 0.3) is 0 Å². The number of likely N-dealkylation sites (tertiary alicyclic amines) is 1. The molecule has 1 fully saturated rings. The van der Waals surface area contributed by atoms with E-state index in [9.17, 15) is 9.18 Å². The molecule has 1 amide bonds. The molecule has 0 saturated carbocycles. The normalized spacial score (nSPS) is 17.6. The van der Waals surface area contributed by atoms with Crippen LogP contribution < -0.4 is 10.1 Å². The smallest absolute Gasteiger partial charge is 0.234 e. The maximum absolute atomic E-state index is 12.8. The summed E-state index contributed by atoms with van der Waals surface area (Å²) >= 11 is 0. The number of nitrogens with zero attached hydrogens (tertiary/aromatic N) is 3. The van der Waals surface area contributed by atoms with E-state index < -0.39 is 0 Å². The average molecular weight is 348 g/mol. The van der Waals surface area contributed by atoms with E-state index in [-0.39, 0.29) is 24.3 Å². The van der Waals surface area contributed by atoms with E-state index in [4.69, 9.17) is 9.26 Å². The first-order valence-corrected chi connectivity index (χ1v) is 8.31. The number of benzene rings is 1. The Labute approximate surface area is 145 Å². The monoisotopic (exact) mass is 348 g/mol. The second-order valence-corrected chi connectivity index (χ2v) is 5.95. The highest BCUT2D eigenvalue weighted by atomic mass is 19.1. The highest BCUT2D eigenvalue weighted by molar-refractivity contribution is 5.78. The summed E-state index contributed by atoms with van der Waals surface area (Å²) in [6.07, 6.45) is 1.92. The lowest BCUT2D eigenvalue weighted by molar-refractivity contribution is -0.122. The molecule has 134 valence electrons. The number of rotatable bonds is 7. The topological polar surface area (TPSA) is 80.5 Å². The number of carbonyl (C=O) groups is 1. The first kappa shape index (κ1) is 17.3. The lowest BCUT2D eigenvalue weighted by Gasteiger charge is -2.21. The molecule has 1 aliphatic rings.